The van der Waals surface area contributed by atoms with Gasteiger partial charge in [0, 0.05) is 17.1 Å². The number of primary amides is 1. The molecule has 1 unspecified atom stereocenters. The molecule has 1 atom stereocenters. The number of hydrogen-bond donors (Lipinski definition) is 2. The van der Waals surface area contributed by atoms with Crippen molar-refractivity contribution >= 4 is 27.5 Å². The van der Waals surface area contributed by atoms with Crippen molar-refractivity contribution in [3.63, 3.8) is 0 Å². The molecule has 0 radical (unpaired) electrons. The van der Waals surface area contributed by atoms with E-state index < -0.39 is 0 Å². The summed E-state index contributed by atoms with van der Waals surface area (Å²) >= 11 is 3.68. The van der Waals surface area contributed by atoms with Gasteiger partial charge in [0.05, 0.1) is 5.56 Å². The van der Waals surface area contributed by atoms with Crippen LogP contribution < -0.4 is 11.1 Å². The summed E-state index contributed by atoms with van der Waals surface area (Å²) in [5.41, 5.74) is 8.04. The maximum absolute atomic E-state index is 11.6. The summed E-state index contributed by atoms with van der Waals surface area (Å²) in [4.78, 5) is 12.0. The van der Waals surface area contributed by atoms with Gasteiger partial charge in [0.1, 0.15) is 0 Å². The number of hydrogen-bond acceptors (Lipinski definition) is 2. The highest BCUT2D eigenvalue weighted by molar-refractivity contribution is 9.09. The summed E-state index contributed by atoms with van der Waals surface area (Å²) in [5.74, 6) is -0.344. The molecular formula is C13H17BrN2O. The minimum Gasteiger partial charge on any atom is -0.384 e. The highest BCUT2D eigenvalue weighted by Crippen LogP contribution is 2.25. The number of amides is 1. The molecule has 0 saturated heterocycles. The zero-order chi connectivity index (χ0) is 12.3. The normalized spacial score (nSPS) is 20.4. The maximum atomic E-state index is 11.6. The van der Waals surface area contributed by atoms with Gasteiger partial charge in [-0.3, -0.25) is 4.79 Å². The van der Waals surface area contributed by atoms with Gasteiger partial charge in [0.2, 0.25) is 0 Å². The molecule has 4 heteroatoms. The van der Waals surface area contributed by atoms with Crippen molar-refractivity contribution in [2.45, 2.75) is 30.5 Å². The molecule has 0 aliphatic carbocycles. The molecule has 1 amide bonds. The van der Waals surface area contributed by atoms with Crippen LogP contribution in [0.4, 0.5) is 5.69 Å². The average Bonchev–Trinajstić information content (AvgIpc) is 2.27. The van der Waals surface area contributed by atoms with Gasteiger partial charge in [-0.25, -0.2) is 0 Å². The van der Waals surface area contributed by atoms with Crippen molar-refractivity contribution in [3.8, 4) is 0 Å². The lowest BCUT2D eigenvalue weighted by Crippen LogP contribution is -2.20. The summed E-state index contributed by atoms with van der Waals surface area (Å²) in [6.45, 7) is 0.892. The van der Waals surface area contributed by atoms with Gasteiger partial charge in [-0.2, -0.15) is 0 Å². The molecule has 1 aromatic carbocycles. The van der Waals surface area contributed by atoms with Crippen molar-refractivity contribution in [1.29, 1.82) is 0 Å². The van der Waals surface area contributed by atoms with Crippen LogP contribution in [-0.2, 0) is 6.42 Å². The first-order valence-corrected chi connectivity index (χ1v) is 6.89. The van der Waals surface area contributed by atoms with E-state index in [-0.39, 0.29) is 5.91 Å². The Balaban J connectivity index is 2.41. The first-order valence-electron chi connectivity index (χ1n) is 5.98. The molecule has 1 aliphatic rings. The van der Waals surface area contributed by atoms with Crippen molar-refractivity contribution in [1.82, 2.24) is 0 Å². The van der Waals surface area contributed by atoms with Gasteiger partial charge >= 0.3 is 0 Å². The number of carbonyl (C=O) groups is 1. The molecule has 0 fully saturated rings. The van der Waals surface area contributed by atoms with Crippen LogP contribution in [0.25, 0.3) is 0 Å². The van der Waals surface area contributed by atoms with Crippen LogP contribution in [0.15, 0.2) is 18.2 Å². The minimum absolute atomic E-state index is 0.344. The summed E-state index contributed by atoms with van der Waals surface area (Å²) in [7, 11) is 0. The molecule has 0 aromatic heterocycles. The Bertz CT molecular complexity index is 420. The van der Waals surface area contributed by atoms with Crippen LogP contribution in [0, 0.1) is 0 Å². The fourth-order valence-corrected chi connectivity index (χ4v) is 2.94. The number of anilines is 1. The van der Waals surface area contributed by atoms with E-state index in [4.69, 9.17) is 5.73 Å². The largest absolute Gasteiger partial charge is 0.384 e. The molecule has 17 heavy (non-hydrogen) atoms. The molecule has 2 bridgehead atoms. The number of nitrogens with one attached hydrogen (secondary N) is 1. The molecular weight excluding hydrogens is 280 g/mol. The number of fused-ring (bicyclic) bond motifs is 2. The zero-order valence-corrected chi connectivity index (χ0v) is 11.3. The van der Waals surface area contributed by atoms with Crippen molar-refractivity contribution in [2.24, 2.45) is 5.73 Å². The SMILES string of the molecule is NC(=O)c1c2cccc1NCCCCC(Br)C2. The smallest absolute Gasteiger partial charge is 0.251 e. The number of alkyl halides is 1. The number of rotatable bonds is 1. The Morgan fingerprint density at radius 3 is 3.00 bits per heavy atom. The van der Waals surface area contributed by atoms with Crippen LogP contribution in [0.5, 0.6) is 0 Å². The number of nitrogens with two attached hydrogens (primary N) is 1. The first kappa shape index (κ1) is 12.4. The molecule has 92 valence electrons. The van der Waals surface area contributed by atoms with Crippen LogP contribution >= 0.6 is 15.9 Å². The highest BCUT2D eigenvalue weighted by Gasteiger charge is 2.17. The van der Waals surface area contributed by atoms with E-state index in [1.54, 1.807) is 0 Å². The summed E-state index contributed by atoms with van der Waals surface area (Å²) < 4.78 is 0. The van der Waals surface area contributed by atoms with E-state index >= 15 is 0 Å². The molecule has 1 heterocycles. The van der Waals surface area contributed by atoms with E-state index in [0.29, 0.717) is 10.4 Å². The van der Waals surface area contributed by atoms with Crippen molar-refractivity contribution in [2.75, 3.05) is 11.9 Å². The lowest BCUT2D eigenvalue weighted by molar-refractivity contribution is 0.1000. The van der Waals surface area contributed by atoms with Gasteiger partial charge in [0.15, 0.2) is 0 Å². The van der Waals surface area contributed by atoms with E-state index in [2.05, 4.69) is 21.2 Å². The third-order valence-electron chi connectivity index (χ3n) is 3.10. The molecule has 3 nitrogen and oxygen atoms in total. The lowest BCUT2D eigenvalue weighted by atomic mass is 9.97. The quantitative estimate of drug-likeness (QED) is 0.783. The summed E-state index contributed by atoms with van der Waals surface area (Å²) in [6, 6.07) is 5.89. The summed E-state index contributed by atoms with van der Waals surface area (Å²) in [6.07, 6.45) is 4.29. The molecule has 3 N–H and O–H groups in total. The van der Waals surface area contributed by atoms with Gasteiger partial charge in [-0.05, 0) is 30.9 Å². The Labute approximate surface area is 110 Å². The van der Waals surface area contributed by atoms with E-state index in [1.165, 1.54) is 6.42 Å². The third-order valence-corrected chi connectivity index (χ3v) is 3.88. The maximum Gasteiger partial charge on any atom is 0.251 e. The Hall–Kier alpha value is -1.03. The Morgan fingerprint density at radius 2 is 2.24 bits per heavy atom. The van der Waals surface area contributed by atoms with Crippen LogP contribution in [0.3, 0.4) is 0 Å². The van der Waals surface area contributed by atoms with E-state index in [0.717, 1.165) is 37.1 Å². The lowest BCUT2D eigenvalue weighted by Gasteiger charge is -2.18. The highest BCUT2D eigenvalue weighted by atomic mass is 79.9. The predicted octanol–water partition coefficient (Wildman–Crippen LogP) is 2.69. The number of carbonyl (C=O) groups excluding carboxylic acids is 1. The van der Waals surface area contributed by atoms with Gasteiger partial charge in [-0.1, -0.05) is 34.5 Å². The van der Waals surface area contributed by atoms with Gasteiger partial charge in [0.25, 0.3) is 5.91 Å². The molecule has 2 rings (SSSR count). The fraction of sp³-hybridized carbons (Fsp3) is 0.462. The van der Waals surface area contributed by atoms with Crippen LogP contribution in [0.2, 0.25) is 0 Å². The van der Waals surface area contributed by atoms with E-state index in [9.17, 15) is 4.79 Å². The standard InChI is InChI=1S/C13H17BrN2O/c14-10-5-1-2-7-16-11-6-3-4-9(8-10)12(11)13(15)17/h3-4,6,10,16H,1-2,5,7-8H2,(H2,15,17). The first-order chi connectivity index (χ1) is 8.18. The molecule has 1 aromatic rings. The topological polar surface area (TPSA) is 55.1 Å². The van der Waals surface area contributed by atoms with Crippen LogP contribution in [-0.4, -0.2) is 17.3 Å². The van der Waals surface area contributed by atoms with Gasteiger partial charge in [-0.15, -0.1) is 0 Å². The second-order valence-electron chi connectivity index (χ2n) is 4.43. The Kier molecular flexibility index (Phi) is 4.05. The minimum atomic E-state index is -0.344. The van der Waals surface area contributed by atoms with Crippen molar-refractivity contribution in [3.05, 3.63) is 29.3 Å². The second kappa shape index (κ2) is 5.54. The van der Waals surface area contributed by atoms with E-state index in [1.807, 2.05) is 18.2 Å². The summed E-state index contributed by atoms with van der Waals surface area (Å²) in [5, 5.41) is 3.30. The predicted molar refractivity (Wildman–Crippen MR) is 73.7 cm³/mol. The average molecular weight is 297 g/mol. The zero-order valence-electron chi connectivity index (χ0n) is 9.71. The second-order valence-corrected chi connectivity index (χ2v) is 5.72. The monoisotopic (exact) mass is 296 g/mol. The molecule has 0 spiro atoms. The molecule has 1 aliphatic heterocycles. The van der Waals surface area contributed by atoms with Crippen molar-refractivity contribution < 1.29 is 4.79 Å². The number of halogens is 1. The molecule has 0 saturated carbocycles. The Morgan fingerprint density at radius 1 is 1.41 bits per heavy atom. The van der Waals surface area contributed by atoms with Gasteiger partial charge < -0.3 is 11.1 Å². The third kappa shape index (κ3) is 3.00. The fourth-order valence-electron chi connectivity index (χ4n) is 2.26. The number of benzene rings is 1. The van der Waals surface area contributed by atoms with Crippen LogP contribution in [0.1, 0.15) is 35.2 Å².